The van der Waals surface area contributed by atoms with E-state index < -0.39 is 5.97 Å². The molecule has 0 bridgehead atoms. The molecule has 1 N–H and O–H groups in total. The van der Waals surface area contributed by atoms with Crippen LogP contribution in [0.2, 0.25) is 0 Å². The minimum Gasteiger partial charge on any atom is -0.465 e. The van der Waals surface area contributed by atoms with Crippen LogP contribution in [0.1, 0.15) is 15.4 Å². The number of anilines is 1. The molecule has 0 aromatic carbocycles. The molecule has 7 nitrogen and oxygen atoms in total. The predicted molar refractivity (Wildman–Crippen MR) is 75.4 cm³/mol. The number of thiazole rings is 2. The molecule has 0 spiro atoms. The normalized spacial score (nSPS) is 10.3. The van der Waals surface area contributed by atoms with Crippen LogP contribution in [0, 0.1) is 6.92 Å². The van der Waals surface area contributed by atoms with Gasteiger partial charge in [0.15, 0.2) is 5.13 Å². The monoisotopic (exact) mass is 313 g/mol. The van der Waals surface area contributed by atoms with Crippen LogP contribution in [0.3, 0.4) is 0 Å². The zero-order valence-electron chi connectivity index (χ0n) is 10.7. The third-order valence-electron chi connectivity index (χ3n) is 2.42. The fourth-order valence-electron chi connectivity index (χ4n) is 1.43. The van der Waals surface area contributed by atoms with Gasteiger partial charge in [0, 0.05) is 11.1 Å². The summed E-state index contributed by atoms with van der Waals surface area (Å²) in [6, 6.07) is 0. The Hall–Kier alpha value is -2.00. The third-order valence-corrected chi connectivity index (χ3v) is 4.19. The maximum Gasteiger partial charge on any atom is 0.349 e. The number of aromatic nitrogens is 2. The van der Waals surface area contributed by atoms with E-state index in [9.17, 15) is 14.4 Å². The Bertz CT molecular complexity index is 701. The van der Waals surface area contributed by atoms with E-state index in [4.69, 9.17) is 0 Å². The number of nitrogens with zero attached hydrogens (tertiary/aromatic N) is 2. The number of hydrogen-bond acceptors (Lipinski definition) is 7. The van der Waals surface area contributed by atoms with E-state index in [0.29, 0.717) is 4.88 Å². The van der Waals surface area contributed by atoms with E-state index in [-0.39, 0.29) is 22.5 Å². The lowest BCUT2D eigenvalue weighted by Gasteiger charge is -2.03. The number of esters is 1. The van der Waals surface area contributed by atoms with Gasteiger partial charge >= 0.3 is 10.8 Å². The molecule has 106 valence electrons. The molecule has 2 aromatic heterocycles. The number of rotatable bonds is 4. The molecule has 2 rings (SSSR count). The maximum atomic E-state index is 11.8. The Labute approximate surface area is 121 Å². The number of ether oxygens (including phenoxy) is 1. The lowest BCUT2D eigenvalue weighted by Crippen LogP contribution is -2.25. The average molecular weight is 313 g/mol. The molecule has 0 aliphatic heterocycles. The maximum absolute atomic E-state index is 11.8. The highest BCUT2D eigenvalue weighted by molar-refractivity contribution is 7.17. The highest BCUT2D eigenvalue weighted by Crippen LogP contribution is 2.18. The van der Waals surface area contributed by atoms with Crippen molar-refractivity contribution >= 4 is 39.7 Å². The van der Waals surface area contributed by atoms with Gasteiger partial charge in [-0.1, -0.05) is 22.7 Å². The number of hydrogen-bond donors (Lipinski definition) is 1. The van der Waals surface area contributed by atoms with Crippen molar-refractivity contribution < 1.29 is 14.3 Å². The second kappa shape index (κ2) is 5.97. The zero-order valence-corrected chi connectivity index (χ0v) is 12.3. The summed E-state index contributed by atoms with van der Waals surface area (Å²) in [5, 5.41) is 4.52. The first-order valence-electron chi connectivity index (χ1n) is 5.50. The molecule has 20 heavy (non-hydrogen) atoms. The molecule has 0 radical (unpaired) electrons. The molecule has 2 aromatic rings. The van der Waals surface area contributed by atoms with Gasteiger partial charge in [0.2, 0.25) is 5.91 Å². The lowest BCUT2D eigenvalue weighted by molar-refractivity contribution is -0.116. The van der Waals surface area contributed by atoms with Crippen LogP contribution >= 0.6 is 22.7 Å². The van der Waals surface area contributed by atoms with E-state index >= 15 is 0 Å². The summed E-state index contributed by atoms with van der Waals surface area (Å²) >= 11 is 2.06. The van der Waals surface area contributed by atoms with E-state index in [1.165, 1.54) is 17.9 Å². The first kappa shape index (κ1) is 14.4. The first-order chi connectivity index (χ1) is 9.51. The van der Waals surface area contributed by atoms with Crippen molar-refractivity contribution in [2.75, 3.05) is 12.4 Å². The molecule has 0 saturated carbocycles. The molecule has 0 aliphatic rings. The summed E-state index contributed by atoms with van der Waals surface area (Å²) in [5.74, 6) is -0.882. The third kappa shape index (κ3) is 3.11. The Morgan fingerprint density at radius 3 is 2.85 bits per heavy atom. The lowest BCUT2D eigenvalue weighted by atomic mass is 10.5. The minimum absolute atomic E-state index is 0.0820. The summed E-state index contributed by atoms with van der Waals surface area (Å²) in [6.07, 6.45) is 1.33. The molecular weight excluding hydrogens is 302 g/mol. The molecule has 0 saturated heterocycles. The number of aryl methyl sites for hydroxylation is 1. The van der Waals surface area contributed by atoms with E-state index in [2.05, 4.69) is 15.0 Å². The van der Waals surface area contributed by atoms with Crippen LogP contribution in [0.4, 0.5) is 5.13 Å². The quantitative estimate of drug-likeness (QED) is 0.854. The van der Waals surface area contributed by atoms with E-state index in [1.807, 2.05) is 0 Å². The second-order valence-electron chi connectivity index (χ2n) is 3.80. The molecule has 2 heterocycles. The van der Waals surface area contributed by atoms with Crippen LogP contribution in [0.5, 0.6) is 0 Å². The fourth-order valence-corrected chi connectivity index (χ4v) is 2.91. The molecule has 0 atom stereocenters. The zero-order chi connectivity index (χ0) is 14.7. The van der Waals surface area contributed by atoms with Gasteiger partial charge in [-0.2, -0.15) is 0 Å². The van der Waals surface area contributed by atoms with Gasteiger partial charge in [0.25, 0.3) is 0 Å². The van der Waals surface area contributed by atoms with Crippen molar-refractivity contribution in [2.24, 2.45) is 0 Å². The Morgan fingerprint density at radius 1 is 1.50 bits per heavy atom. The number of carbonyl (C=O) groups excluding carboxylic acids is 2. The molecular formula is C11H11N3O4S2. The second-order valence-corrected chi connectivity index (χ2v) is 5.65. The smallest absolute Gasteiger partial charge is 0.349 e. The minimum atomic E-state index is -0.507. The number of methoxy groups -OCH3 is 1. The number of nitrogens with one attached hydrogen (secondary N) is 1. The van der Waals surface area contributed by atoms with Crippen molar-refractivity contribution in [3.8, 4) is 0 Å². The Balaban J connectivity index is 2.03. The fraction of sp³-hybridized carbons (Fsp3) is 0.273. The summed E-state index contributed by atoms with van der Waals surface area (Å²) in [7, 11) is 1.27. The average Bonchev–Trinajstić information content (AvgIpc) is 3.00. The summed E-state index contributed by atoms with van der Waals surface area (Å²) in [6.45, 7) is 1.67. The van der Waals surface area contributed by atoms with Crippen LogP contribution in [0.25, 0.3) is 0 Å². The van der Waals surface area contributed by atoms with Gasteiger partial charge in [-0.15, -0.1) is 0 Å². The van der Waals surface area contributed by atoms with Crippen molar-refractivity contribution in [2.45, 2.75) is 13.5 Å². The molecule has 9 heteroatoms. The largest absolute Gasteiger partial charge is 0.465 e. The van der Waals surface area contributed by atoms with Crippen molar-refractivity contribution in [3.63, 3.8) is 0 Å². The van der Waals surface area contributed by atoms with Crippen LogP contribution in [-0.2, 0) is 16.1 Å². The summed E-state index contributed by atoms with van der Waals surface area (Å²) < 4.78 is 5.92. The topological polar surface area (TPSA) is 90.3 Å². The van der Waals surface area contributed by atoms with Crippen molar-refractivity contribution in [1.82, 2.24) is 9.55 Å². The first-order valence-corrected chi connectivity index (χ1v) is 7.20. The van der Waals surface area contributed by atoms with Crippen LogP contribution in [-0.4, -0.2) is 28.5 Å². The molecule has 0 unspecified atom stereocenters. The highest BCUT2D eigenvalue weighted by atomic mass is 32.1. The molecule has 0 aliphatic carbocycles. The van der Waals surface area contributed by atoms with Gasteiger partial charge in [-0.05, 0) is 6.92 Å². The van der Waals surface area contributed by atoms with E-state index in [0.717, 1.165) is 28.4 Å². The molecule has 1 amide bonds. The van der Waals surface area contributed by atoms with E-state index in [1.54, 1.807) is 12.3 Å². The van der Waals surface area contributed by atoms with Gasteiger partial charge in [0.05, 0.1) is 13.3 Å². The number of amides is 1. The summed E-state index contributed by atoms with van der Waals surface area (Å²) in [5.41, 5.74) is 0.726. The van der Waals surface area contributed by atoms with Gasteiger partial charge in [-0.25, -0.2) is 9.78 Å². The van der Waals surface area contributed by atoms with Crippen molar-refractivity contribution in [1.29, 1.82) is 0 Å². The number of carbonyl (C=O) groups is 2. The van der Waals surface area contributed by atoms with Crippen LogP contribution in [0.15, 0.2) is 16.4 Å². The van der Waals surface area contributed by atoms with Gasteiger partial charge in [-0.3, -0.25) is 14.2 Å². The van der Waals surface area contributed by atoms with Gasteiger partial charge in [0.1, 0.15) is 11.4 Å². The predicted octanol–water partition coefficient (Wildman–Crippen LogP) is 1.10. The highest BCUT2D eigenvalue weighted by Gasteiger charge is 2.13. The summed E-state index contributed by atoms with van der Waals surface area (Å²) in [4.78, 5) is 38.6. The standard InChI is InChI=1S/C11H11N3O4S2/c1-6-5-19-11(17)14(6)4-8(15)13-10-12-3-7(20-10)9(16)18-2/h3,5H,4H2,1-2H3,(H,12,13,15). The van der Waals surface area contributed by atoms with Gasteiger partial charge < -0.3 is 10.1 Å². The Morgan fingerprint density at radius 2 is 2.25 bits per heavy atom. The van der Waals surface area contributed by atoms with Crippen molar-refractivity contribution in [3.05, 3.63) is 31.8 Å². The Kier molecular flexibility index (Phi) is 4.30. The molecule has 0 fully saturated rings. The van der Waals surface area contributed by atoms with Crippen LogP contribution < -0.4 is 10.2 Å². The SMILES string of the molecule is COC(=O)c1cnc(NC(=O)Cn2c(C)csc2=O)s1.